The summed E-state index contributed by atoms with van der Waals surface area (Å²) in [6.07, 6.45) is 9.56. The van der Waals surface area contributed by atoms with E-state index in [4.69, 9.17) is 5.73 Å². The monoisotopic (exact) mass is 182 g/mol. The van der Waals surface area contributed by atoms with Crippen molar-refractivity contribution in [3.63, 3.8) is 0 Å². The smallest absolute Gasteiger partial charge is 0.0280 e. The van der Waals surface area contributed by atoms with Crippen LogP contribution in [0, 0.1) is 5.92 Å². The van der Waals surface area contributed by atoms with Gasteiger partial charge in [-0.2, -0.15) is 0 Å². The van der Waals surface area contributed by atoms with Crippen LogP contribution >= 0.6 is 0 Å². The molecule has 2 aliphatic rings. The third-order valence-corrected chi connectivity index (χ3v) is 3.78. The Morgan fingerprint density at radius 1 is 1.23 bits per heavy atom. The first-order chi connectivity index (χ1) is 6.29. The summed E-state index contributed by atoms with van der Waals surface area (Å²) in [7, 11) is 0. The van der Waals surface area contributed by atoms with Crippen molar-refractivity contribution in [2.24, 2.45) is 11.7 Å². The molecule has 2 rings (SSSR count). The Labute approximate surface area is 81.3 Å². The van der Waals surface area contributed by atoms with Crippen LogP contribution in [-0.4, -0.2) is 18.6 Å². The van der Waals surface area contributed by atoms with Gasteiger partial charge in [0.2, 0.25) is 0 Å². The van der Waals surface area contributed by atoms with Crippen LogP contribution in [0.3, 0.4) is 0 Å². The van der Waals surface area contributed by atoms with E-state index in [0.717, 1.165) is 12.5 Å². The number of hydrogen-bond donors (Lipinski definition) is 2. The highest BCUT2D eigenvalue weighted by atomic mass is 14.9. The van der Waals surface area contributed by atoms with Gasteiger partial charge in [0.25, 0.3) is 0 Å². The van der Waals surface area contributed by atoms with Crippen molar-refractivity contribution in [2.45, 2.75) is 50.5 Å². The lowest BCUT2D eigenvalue weighted by Crippen LogP contribution is -2.54. The van der Waals surface area contributed by atoms with Crippen LogP contribution in [0.4, 0.5) is 0 Å². The summed E-state index contributed by atoms with van der Waals surface area (Å²) in [5.74, 6) is 1.03. The molecule has 76 valence electrons. The SMILES string of the molecule is NC1(CNCCC2CCC2)CCC1. The first kappa shape index (κ1) is 9.47. The summed E-state index contributed by atoms with van der Waals surface area (Å²) in [6.45, 7) is 2.23. The molecule has 0 aliphatic heterocycles. The minimum Gasteiger partial charge on any atom is -0.324 e. The number of nitrogens with two attached hydrogens (primary N) is 1. The normalized spacial score (nSPS) is 26.5. The maximum absolute atomic E-state index is 6.10. The van der Waals surface area contributed by atoms with Gasteiger partial charge < -0.3 is 11.1 Å². The third kappa shape index (κ3) is 2.44. The predicted molar refractivity (Wildman–Crippen MR) is 55.6 cm³/mol. The molecular weight excluding hydrogens is 160 g/mol. The molecule has 0 radical (unpaired) electrons. The van der Waals surface area contributed by atoms with Gasteiger partial charge in [-0.3, -0.25) is 0 Å². The molecule has 2 heteroatoms. The zero-order chi connectivity index (χ0) is 9.15. The van der Waals surface area contributed by atoms with Gasteiger partial charge in [0, 0.05) is 12.1 Å². The lowest BCUT2D eigenvalue weighted by molar-refractivity contribution is 0.231. The molecule has 0 aromatic rings. The van der Waals surface area contributed by atoms with Crippen LogP contribution in [0.25, 0.3) is 0 Å². The van der Waals surface area contributed by atoms with Crippen LogP contribution in [-0.2, 0) is 0 Å². The molecule has 2 saturated carbocycles. The fourth-order valence-corrected chi connectivity index (χ4v) is 2.23. The molecule has 2 nitrogen and oxygen atoms in total. The van der Waals surface area contributed by atoms with Crippen LogP contribution < -0.4 is 11.1 Å². The molecule has 0 atom stereocenters. The van der Waals surface area contributed by atoms with Crippen molar-refractivity contribution in [1.29, 1.82) is 0 Å². The van der Waals surface area contributed by atoms with E-state index in [1.807, 2.05) is 0 Å². The maximum Gasteiger partial charge on any atom is 0.0280 e. The second-order valence-corrected chi connectivity index (χ2v) is 4.98. The van der Waals surface area contributed by atoms with Crippen LogP contribution in [0.15, 0.2) is 0 Å². The fraction of sp³-hybridized carbons (Fsp3) is 1.00. The van der Waals surface area contributed by atoms with Crippen molar-refractivity contribution in [1.82, 2.24) is 5.32 Å². The van der Waals surface area contributed by atoms with Crippen LogP contribution in [0.5, 0.6) is 0 Å². The second kappa shape index (κ2) is 3.97. The van der Waals surface area contributed by atoms with Gasteiger partial charge in [-0.1, -0.05) is 19.3 Å². The largest absolute Gasteiger partial charge is 0.324 e. The summed E-state index contributed by atoms with van der Waals surface area (Å²) < 4.78 is 0. The van der Waals surface area contributed by atoms with Crippen molar-refractivity contribution in [3.8, 4) is 0 Å². The Morgan fingerprint density at radius 2 is 2.00 bits per heavy atom. The van der Waals surface area contributed by atoms with E-state index in [9.17, 15) is 0 Å². The summed E-state index contributed by atoms with van der Waals surface area (Å²) in [5, 5.41) is 3.50. The molecule has 0 heterocycles. The predicted octanol–water partition coefficient (Wildman–Crippen LogP) is 1.65. The molecule has 2 aliphatic carbocycles. The highest BCUT2D eigenvalue weighted by Gasteiger charge is 2.31. The number of hydrogen-bond acceptors (Lipinski definition) is 2. The van der Waals surface area contributed by atoms with E-state index in [1.165, 1.54) is 51.5 Å². The Morgan fingerprint density at radius 3 is 2.46 bits per heavy atom. The average Bonchev–Trinajstić information content (AvgIpc) is 1.97. The van der Waals surface area contributed by atoms with E-state index >= 15 is 0 Å². The van der Waals surface area contributed by atoms with Gasteiger partial charge >= 0.3 is 0 Å². The quantitative estimate of drug-likeness (QED) is 0.634. The molecule has 0 spiro atoms. The van der Waals surface area contributed by atoms with E-state index in [1.54, 1.807) is 0 Å². The van der Waals surface area contributed by atoms with E-state index in [2.05, 4.69) is 5.32 Å². The van der Waals surface area contributed by atoms with Crippen molar-refractivity contribution >= 4 is 0 Å². The average molecular weight is 182 g/mol. The molecule has 0 aromatic carbocycles. The Bertz CT molecular complexity index is 159. The van der Waals surface area contributed by atoms with E-state index in [0.29, 0.717) is 0 Å². The molecule has 13 heavy (non-hydrogen) atoms. The minimum absolute atomic E-state index is 0.166. The molecule has 0 bridgehead atoms. The zero-order valence-corrected chi connectivity index (χ0v) is 8.52. The summed E-state index contributed by atoms with van der Waals surface area (Å²) in [6, 6.07) is 0. The molecular formula is C11H22N2. The molecule has 3 N–H and O–H groups in total. The zero-order valence-electron chi connectivity index (χ0n) is 8.52. The minimum atomic E-state index is 0.166. The topological polar surface area (TPSA) is 38.0 Å². The van der Waals surface area contributed by atoms with Gasteiger partial charge in [-0.25, -0.2) is 0 Å². The highest BCUT2D eigenvalue weighted by molar-refractivity contribution is 4.94. The van der Waals surface area contributed by atoms with Crippen LogP contribution in [0.1, 0.15) is 44.9 Å². The Kier molecular flexibility index (Phi) is 2.89. The van der Waals surface area contributed by atoms with Crippen molar-refractivity contribution < 1.29 is 0 Å². The summed E-state index contributed by atoms with van der Waals surface area (Å²) >= 11 is 0. The lowest BCUT2D eigenvalue weighted by Gasteiger charge is -2.38. The molecule has 2 fully saturated rings. The number of rotatable bonds is 5. The van der Waals surface area contributed by atoms with Gasteiger partial charge in [0.15, 0.2) is 0 Å². The van der Waals surface area contributed by atoms with Gasteiger partial charge in [0.05, 0.1) is 0 Å². The highest BCUT2D eigenvalue weighted by Crippen LogP contribution is 2.30. The number of nitrogens with one attached hydrogen (secondary N) is 1. The van der Waals surface area contributed by atoms with E-state index in [-0.39, 0.29) is 5.54 Å². The van der Waals surface area contributed by atoms with Crippen molar-refractivity contribution in [2.75, 3.05) is 13.1 Å². The molecule has 0 amide bonds. The molecule has 0 saturated heterocycles. The summed E-state index contributed by atoms with van der Waals surface area (Å²) in [5.41, 5.74) is 6.27. The third-order valence-electron chi connectivity index (χ3n) is 3.78. The fourth-order valence-electron chi connectivity index (χ4n) is 2.23. The second-order valence-electron chi connectivity index (χ2n) is 4.98. The first-order valence-electron chi connectivity index (χ1n) is 5.78. The Hall–Kier alpha value is -0.0800. The Balaban J connectivity index is 1.48. The van der Waals surface area contributed by atoms with Gasteiger partial charge in [-0.15, -0.1) is 0 Å². The van der Waals surface area contributed by atoms with E-state index < -0.39 is 0 Å². The molecule has 0 unspecified atom stereocenters. The lowest BCUT2D eigenvalue weighted by atomic mass is 9.77. The first-order valence-corrected chi connectivity index (χ1v) is 5.78. The maximum atomic E-state index is 6.10. The van der Waals surface area contributed by atoms with Gasteiger partial charge in [0.1, 0.15) is 0 Å². The molecule has 0 aromatic heterocycles. The van der Waals surface area contributed by atoms with Crippen molar-refractivity contribution in [3.05, 3.63) is 0 Å². The van der Waals surface area contributed by atoms with Gasteiger partial charge in [-0.05, 0) is 38.1 Å². The summed E-state index contributed by atoms with van der Waals surface area (Å²) in [4.78, 5) is 0. The standard InChI is InChI=1S/C11H22N2/c12-11(6-2-7-11)9-13-8-5-10-3-1-4-10/h10,13H,1-9,12H2. The van der Waals surface area contributed by atoms with Crippen LogP contribution in [0.2, 0.25) is 0 Å².